The number of hydrogen-bond acceptors (Lipinski definition) is 6. The first-order valence-corrected chi connectivity index (χ1v) is 10.5. The van der Waals surface area contributed by atoms with Gasteiger partial charge in [0.2, 0.25) is 11.7 Å². The Labute approximate surface area is 181 Å². The lowest BCUT2D eigenvalue weighted by Gasteiger charge is -2.08. The minimum Gasteiger partial charge on any atom is -0.443 e. The van der Waals surface area contributed by atoms with Crippen molar-refractivity contribution in [1.29, 1.82) is 5.26 Å². The molecule has 150 valence electrons. The van der Waals surface area contributed by atoms with Crippen LogP contribution in [0.15, 0.2) is 58.1 Å². The molecule has 1 N–H and O–H groups in total. The summed E-state index contributed by atoms with van der Waals surface area (Å²) in [5, 5.41) is 22.6. The van der Waals surface area contributed by atoms with Crippen LogP contribution < -0.4 is 5.32 Å². The summed E-state index contributed by atoms with van der Waals surface area (Å²) < 4.78 is 7.43. The Morgan fingerprint density at radius 2 is 2.00 bits per heavy atom. The first kappa shape index (κ1) is 20.0. The Morgan fingerprint density at radius 1 is 1.23 bits per heavy atom. The highest BCUT2D eigenvalue weighted by molar-refractivity contribution is 7.99. The lowest BCUT2D eigenvalue weighted by Crippen LogP contribution is -2.15. The normalized spacial score (nSPS) is 10.8. The summed E-state index contributed by atoms with van der Waals surface area (Å²) in [6, 6.07) is 16.5. The molecule has 4 rings (SSSR count). The Hall–Kier alpha value is -3.28. The molecule has 0 bridgehead atoms. The van der Waals surface area contributed by atoms with Gasteiger partial charge in [0.25, 0.3) is 0 Å². The van der Waals surface area contributed by atoms with E-state index in [0.717, 1.165) is 5.56 Å². The molecule has 0 atom stereocenters. The molecule has 4 aromatic rings. The number of para-hydroxylation sites is 1. The summed E-state index contributed by atoms with van der Waals surface area (Å²) in [6.45, 7) is 2.64. The summed E-state index contributed by atoms with van der Waals surface area (Å²) in [5.41, 5.74) is 1.83. The highest BCUT2D eigenvalue weighted by Gasteiger charge is 2.18. The van der Waals surface area contributed by atoms with Crippen molar-refractivity contribution in [2.75, 3.05) is 11.1 Å². The minimum atomic E-state index is -0.262. The smallest absolute Gasteiger partial charge is 0.234 e. The zero-order valence-electron chi connectivity index (χ0n) is 15.9. The van der Waals surface area contributed by atoms with Crippen molar-refractivity contribution < 1.29 is 9.21 Å². The molecule has 0 radical (unpaired) electrons. The van der Waals surface area contributed by atoms with Crippen LogP contribution in [0, 0.1) is 11.3 Å². The predicted octanol–water partition coefficient (Wildman–Crippen LogP) is 4.97. The van der Waals surface area contributed by atoms with E-state index in [9.17, 15) is 10.1 Å². The molecule has 7 nitrogen and oxygen atoms in total. The molecule has 0 aliphatic heterocycles. The molecule has 0 saturated heterocycles. The van der Waals surface area contributed by atoms with Gasteiger partial charge in [-0.2, -0.15) is 5.26 Å². The molecule has 0 fully saturated rings. The number of rotatable bonds is 6. The molecule has 30 heavy (non-hydrogen) atoms. The van der Waals surface area contributed by atoms with Gasteiger partial charge in [0.15, 0.2) is 11.0 Å². The first-order chi connectivity index (χ1) is 14.6. The lowest BCUT2D eigenvalue weighted by molar-refractivity contribution is -0.113. The maximum Gasteiger partial charge on any atom is 0.234 e. The monoisotopic (exact) mass is 437 g/mol. The van der Waals surface area contributed by atoms with E-state index in [1.807, 2.05) is 41.8 Å². The summed E-state index contributed by atoms with van der Waals surface area (Å²) in [5.74, 6) is 0.645. The van der Waals surface area contributed by atoms with Crippen LogP contribution in [-0.4, -0.2) is 26.4 Å². The van der Waals surface area contributed by atoms with Crippen molar-refractivity contribution >= 4 is 45.9 Å². The standard InChI is InChI=1S/C21H16ClN5O2S/c1-2-27-20(13-7-9-14(22)10-8-13)25-26-21(27)30-12-18(28)24-19-15-5-3-4-6-16(15)29-17(19)11-23/h3-10H,2,12H2,1H3,(H,24,28). The van der Waals surface area contributed by atoms with E-state index in [1.165, 1.54) is 11.8 Å². The van der Waals surface area contributed by atoms with E-state index in [1.54, 1.807) is 24.3 Å². The number of amides is 1. The van der Waals surface area contributed by atoms with Crippen LogP contribution in [-0.2, 0) is 11.3 Å². The van der Waals surface area contributed by atoms with Gasteiger partial charge in [-0.15, -0.1) is 10.2 Å². The Bertz CT molecular complexity index is 1260. The summed E-state index contributed by atoms with van der Waals surface area (Å²) in [7, 11) is 0. The van der Waals surface area contributed by atoms with Crippen molar-refractivity contribution in [2.24, 2.45) is 0 Å². The van der Waals surface area contributed by atoms with Gasteiger partial charge in [-0.05, 0) is 43.3 Å². The number of hydrogen-bond donors (Lipinski definition) is 1. The number of fused-ring (bicyclic) bond motifs is 1. The second-order valence-electron chi connectivity index (χ2n) is 6.31. The highest BCUT2D eigenvalue weighted by atomic mass is 35.5. The number of halogens is 1. The number of anilines is 1. The second-order valence-corrected chi connectivity index (χ2v) is 7.69. The molecule has 0 spiro atoms. The molecule has 0 saturated carbocycles. The summed E-state index contributed by atoms with van der Waals surface area (Å²) in [4.78, 5) is 12.6. The molecule has 0 aliphatic rings. The first-order valence-electron chi connectivity index (χ1n) is 9.14. The van der Waals surface area contributed by atoms with Crippen molar-refractivity contribution in [3.63, 3.8) is 0 Å². The molecule has 2 heterocycles. The van der Waals surface area contributed by atoms with Crippen molar-refractivity contribution in [3.05, 3.63) is 59.3 Å². The van der Waals surface area contributed by atoms with Crippen LogP contribution in [0.5, 0.6) is 0 Å². The Balaban J connectivity index is 1.50. The number of carbonyl (C=O) groups is 1. The number of carbonyl (C=O) groups excluding carboxylic acids is 1. The fourth-order valence-electron chi connectivity index (χ4n) is 3.05. The van der Waals surface area contributed by atoms with Crippen LogP contribution in [0.3, 0.4) is 0 Å². The van der Waals surface area contributed by atoms with E-state index in [0.29, 0.717) is 39.2 Å². The van der Waals surface area contributed by atoms with Gasteiger partial charge in [-0.3, -0.25) is 4.79 Å². The number of aromatic nitrogens is 3. The van der Waals surface area contributed by atoms with Crippen LogP contribution in [0.1, 0.15) is 12.7 Å². The minimum absolute atomic E-state index is 0.0799. The molecular formula is C21H16ClN5O2S. The molecule has 0 unspecified atom stereocenters. The zero-order chi connectivity index (χ0) is 21.1. The van der Waals surface area contributed by atoms with Crippen molar-refractivity contribution in [2.45, 2.75) is 18.6 Å². The summed E-state index contributed by atoms with van der Waals surface area (Å²) >= 11 is 7.24. The molecule has 1 amide bonds. The van der Waals surface area contributed by atoms with E-state index in [4.69, 9.17) is 16.0 Å². The van der Waals surface area contributed by atoms with E-state index < -0.39 is 0 Å². The Kier molecular flexibility index (Phi) is 5.74. The maximum atomic E-state index is 12.6. The van der Waals surface area contributed by atoms with Crippen molar-refractivity contribution in [3.8, 4) is 17.5 Å². The number of furan rings is 1. The fraction of sp³-hybridized carbons (Fsp3) is 0.143. The average molecular weight is 438 g/mol. The van der Waals surface area contributed by atoms with Crippen LogP contribution in [0.2, 0.25) is 5.02 Å². The Morgan fingerprint density at radius 3 is 2.73 bits per heavy atom. The van der Waals surface area contributed by atoms with Gasteiger partial charge < -0.3 is 14.3 Å². The topological polar surface area (TPSA) is 96.7 Å². The molecular weight excluding hydrogens is 422 g/mol. The van der Waals surface area contributed by atoms with Gasteiger partial charge in [-0.1, -0.05) is 35.5 Å². The maximum absolute atomic E-state index is 12.6. The molecule has 0 aliphatic carbocycles. The predicted molar refractivity (Wildman–Crippen MR) is 116 cm³/mol. The molecule has 9 heteroatoms. The van der Waals surface area contributed by atoms with Gasteiger partial charge in [-0.25, -0.2) is 0 Å². The third kappa shape index (κ3) is 3.90. The number of benzene rings is 2. The molecule has 2 aromatic carbocycles. The van der Waals surface area contributed by atoms with Crippen molar-refractivity contribution in [1.82, 2.24) is 14.8 Å². The molecule has 2 aromatic heterocycles. The fourth-order valence-corrected chi connectivity index (χ4v) is 3.98. The number of nitrogens with zero attached hydrogens (tertiary/aromatic N) is 4. The van der Waals surface area contributed by atoms with Crippen LogP contribution in [0.4, 0.5) is 5.69 Å². The van der Waals surface area contributed by atoms with Gasteiger partial charge in [0.05, 0.1) is 5.75 Å². The zero-order valence-corrected chi connectivity index (χ0v) is 17.5. The third-order valence-corrected chi connectivity index (χ3v) is 5.65. The van der Waals surface area contributed by atoms with Crippen LogP contribution in [0.25, 0.3) is 22.4 Å². The van der Waals surface area contributed by atoms with E-state index in [-0.39, 0.29) is 17.4 Å². The van der Waals surface area contributed by atoms with Crippen LogP contribution >= 0.6 is 23.4 Å². The van der Waals surface area contributed by atoms with E-state index in [2.05, 4.69) is 15.5 Å². The largest absolute Gasteiger partial charge is 0.443 e. The number of nitriles is 1. The average Bonchev–Trinajstić information content (AvgIpc) is 3.34. The van der Waals surface area contributed by atoms with Gasteiger partial charge in [0, 0.05) is 22.5 Å². The van der Waals surface area contributed by atoms with Gasteiger partial charge >= 0.3 is 0 Å². The van der Waals surface area contributed by atoms with E-state index >= 15 is 0 Å². The number of thioether (sulfide) groups is 1. The second kappa shape index (κ2) is 8.61. The SMILES string of the molecule is CCn1c(SCC(=O)Nc2c(C#N)oc3ccccc23)nnc1-c1ccc(Cl)cc1. The third-order valence-electron chi connectivity index (χ3n) is 4.43. The highest BCUT2D eigenvalue weighted by Crippen LogP contribution is 2.31. The quantitative estimate of drug-likeness (QED) is 0.428. The lowest BCUT2D eigenvalue weighted by atomic mass is 10.2. The summed E-state index contributed by atoms with van der Waals surface area (Å²) in [6.07, 6.45) is 0. The van der Waals surface area contributed by atoms with Gasteiger partial charge in [0.1, 0.15) is 17.3 Å². The number of nitrogens with one attached hydrogen (secondary N) is 1.